The number of rotatable bonds is 8. The second-order valence-corrected chi connectivity index (χ2v) is 7.97. The van der Waals surface area contributed by atoms with E-state index in [1.165, 1.54) is 0 Å². The zero-order valence-electron chi connectivity index (χ0n) is 16.7. The number of methoxy groups -OCH3 is 2. The Balaban J connectivity index is 2.31. The van der Waals surface area contributed by atoms with E-state index in [0.29, 0.717) is 29.4 Å². The maximum absolute atomic E-state index is 13.3. The quantitative estimate of drug-likeness (QED) is 0.495. The minimum atomic E-state index is -0.580. The largest absolute Gasteiger partial charge is 0.497 e. The van der Waals surface area contributed by atoms with Crippen LogP contribution in [0.5, 0.6) is 11.5 Å². The van der Waals surface area contributed by atoms with Crippen LogP contribution in [0.25, 0.3) is 0 Å². The van der Waals surface area contributed by atoms with Gasteiger partial charge in [-0.15, -0.1) is 11.8 Å². The Morgan fingerprint density at radius 2 is 1.81 bits per heavy atom. The van der Waals surface area contributed by atoms with Gasteiger partial charge in [-0.2, -0.15) is 0 Å². The number of carbonyl (C=O) groups excluding carboxylic acids is 2. The van der Waals surface area contributed by atoms with Gasteiger partial charge in [0.1, 0.15) is 17.5 Å². The molecule has 1 amide bonds. The Bertz CT molecular complexity index is 642. The number of esters is 1. The minimum Gasteiger partial charge on any atom is -0.497 e. The fourth-order valence-corrected chi connectivity index (χ4v) is 4.44. The van der Waals surface area contributed by atoms with Gasteiger partial charge in [0.2, 0.25) is 0 Å². The Labute approximate surface area is 165 Å². The zero-order valence-corrected chi connectivity index (χ0v) is 17.5. The molecule has 2 rings (SSSR count). The number of unbranched alkanes of at least 4 members (excludes halogenated alkanes) is 1. The first-order valence-corrected chi connectivity index (χ1v) is 10.3. The third kappa shape index (κ3) is 5.09. The summed E-state index contributed by atoms with van der Waals surface area (Å²) in [6.07, 6.45) is 1.77. The van der Waals surface area contributed by atoms with E-state index < -0.39 is 6.04 Å². The maximum atomic E-state index is 13.3. The highest BCUT2D eigenvalue weighted by Crippen LogP contribution is 2.36. The molecule has 1 aromatic rings. The lowest BCUT2D eigenvalue weighted by Gasteiger charge is -2.30. The molecule has 0 bridgehead atoms. The molecule has 1 aliphatic heterocycles. The van der Waals surface area contributed by atoms with Crippen molar-refractivity contribution in [3.05, 3.63) is 23.8 Å². The van der Waals surface area contributed by atoms with Gasteiger partial charge in [0, 0.05) is 17.4 Å². The highest BCUT2D eigenvalue weighted by atomic mass is 32.2. The first-order chi connectivity index (χ1) is 12.9. The first-order valence-electron chi connectivity index (χ1n) is 9.26. The van der Waals surface area contributed by atoms with Crippen molar-refractivity contribution in [2.45, 2.75) is 45.0 Å². The van der Waals surface area contributed by atoms with Gasteiger partial charge in [-0.05, 0) is 24.5 Å². The Morgan fingerprint density at radius 3 is 2.33 bits per heavy atom. The molecule has 7 heteroatoms. The Hall–Kier alpha value is -1.89. The molecule has 1 saturated heterocycles. The van der Waals surface area contributed by atoms with Crippen molar-refractivity contribution < 1.29 is 23.8 Å². The van der Waals surface area contributed by atoms with E-state index in [0.717, 1.165) is 12.8 Å². The molecule has 150 valence electrons. The summed E-state index contributed by atoms with van der Waals surface area (Å²) in [6.45, 7) is 6.53. The molecule has 27 heavy (non-hydrogen) atoms. The molecule has 1 heterocycles. The number of hydrogen-bond acceptors (Lipinski definition) is 6. The number of carbonyl (C=O) groups is 2. The molecule has 1 fully saturated rings. The lowest BCUT2D eigenvalue weighted by molar-refractivity contribution is -0.148. The lowest BCUT2D eigenvalue weighted by Crippen LogP contribution is -2.47. The van der Waals surface area contributed by atoms with Crippen LogP contribution >= 0.6 is 11.8 Å². The van der Waals surface area contributed by atoms with E-state index in [-0.39, 0.29) is 23.2 Å². The molecular weight excluding hydrogens is 366 g/mol. The average molecular weight is 396 g/mol. The molecule has 6 nitrogen and oxygen atoms in total. The van der Waals surface area contributed by atoms with Crippen molar-refractivity contribution in [2.75, 3.05) is 26.6 Å². The van der Waals surface area contributed by atoms with E-state index >= 15 is 0 Å². The lowest BCUT2D eigenvalue weighted by atomic mass is 10.1. The van der Waals surface area contributed by atoms with E-state index in [9.17, 15) is 9.59 Å². The van der Waals surface area contributed by atoms with Crippen molar-refractivity contribution in [1.82, 2.24) is 4.90 Å². The number of benzene rings is 1. The van der Waals surface area contributed by atoms with Gasteiger partial charge in [0.05, 0.1) is 26.2 Å². The highest BCUT2D eigenvalue weighted by Gasteiger charge is 2.44. The summed E-state index contributed by atoms with van der Waals surface area (Å²) in [7, 11) is 3.08. The molecule has 0 radical (unpaired) electrons. The SMILES string of the molecule is CCCCOC(=O)[C@H]1CS[C@@H](C(C)C)N1C(=O)c1cc(OC)cc(OC)c1. The van der Waals surface area contributed by atoms with Crippen molar-refractivity contribution in [3.8, 4) is 11.5 Å². The van der Waals surface area contributed by atoms with Crippen LogP contribution in [-0.2, 0) is 9.53 Å². The van der Waals surface area contributed by atoms with Crippen LogP contribution < -0.4 is 9.47 Å². The van der Waals surface area contributed by atoms with Gasteiger partial charge in [0.25, 0.3) is 5.91 Å². The first kappa shape index (κ1) is 21.4. The normalized spacial score (nSPS) is 19.3. The zero-order chi connectivity index (χ0) is 20.0. The molecule has 0 N–H and O–H groups in total. The van der Waals surface area contributed by atoms with Crippen LogP contribution in [0.15, 0.2) is 18.2 Å². The molecular formula is C20H29NO5S. The fourth-order valence-electron chi connectivity index (χ4n) is 2.97. The third-order valence-corrected chi connectivity index (χ3v) is 6.07. The maximum Gasteiger partial charge on any atom is 0.329 e. The van der Waals surface area contributed by atoms with Crippen LogP contribution in [0.4, 0.5) is 0 Å². The summed E-state index contributed by atoms with van der Waals surface area (Å²) >= 11 is 1.62. The molecule has 1 aliphatic rings. The van der Waals surface area contributed by atoms with Gasteiger partial charge in [-0.25, -0.2) is 4.79 Å². The monoisotopic (exact) mass is 395 g/mol. The van der Waals surface area contributed by atoms with Crippen molar-refractivity contribution in [3.63, 3.8) is 0 Å². The highest BCUT2D eigenvalue weighted by molar-refractivity contribution is 8.00. The van der Waals surface area contributed by atoms with Gasteiger partial charge < -0.3 is 19.1 Å². The summed E-state index contributed by atoms with van der Waals surface area (Å²) in [4.78, 5) is 27.6. The average Bonchev–Trinajstić information content (AvgIpc) is 3.12. The Morgan fingerprint density at radius 1 is 1.19 bits per heavy atom. The van der Waals surface area contributed by atoms with Crippen LogP contribution in [0, 0.1) is 5.92 Å². The minimum absolute atomic E-state index is 0.0848. The summed E-state index contributed by atoms with van der Waals surface area (Å²) in [5, 5.41) is -0.0848. The predicted octanol–water partition coefficient (Wildman–Crippen LogP) is 3.59. The van der Waals surface area contributed by atoms with E-state index in [1.54, 1.807) is 49.1 Å². The van der Waals surface area contributed by atoms with Crippen LogP contribution in [0.1, 0.15) is 44.0 Å². The van der Waals surface area contributed by atoms with Crippen LogP contribution in [0.3, 0.4) is 0 Å². The summed E-state index contributed by atoms with van der Waals surface area (Å²) < 4.78 is 16.0. The summed E-state index contributed by atoms with van der Waals surface area (Å²) in [6, 6.07) is 4.48. The van der Waals surface area contributed by atoms with Crippen LogP contribution in [-0.4, -0.2) is 54.8 Å². The number of ether oxygens (including phenoxy) is 3. The van der Waals surface area contributed by atoms with Gasteiger partial charge >= 0.3 is 5.97 Å². The summed E-state index contributed by atoms with van der Waals surface area (Å²) in [5.74, 6) is 1.27. The standard InChI is InChI=1S/C20H29NO5S/c1-6-7-8-26-20(23)17-12-27-19(13(2)3)21(17)18(22)14-9-15(24-4)11-16(10-14)25-5/h9-11,13,17,19H,6-8,12H2,1-5H3/t17-,19+/m1/s1. The fraction of sp³-hybridized carbons (Fsp3) is 0.600. The second kappa shape index (κ2) is 9.88. The molecule has 0 unspecified atom stereocenters. The smallest absolute Gasteiger partial charge is 0.329 e. The third-order valence-electron chi connectivity index (χ3n) is 4.45. The van der Waals surface area contributed by atoms with Gasteiger partial charge in [-0.1, -0.05) is 27.2 Å². The van der Waals surface area contributed by atoms with E-state index in [2.05, 4.69) is 13.8 Å². The molecule has 1 aromatic carbocycles. The summed E-state index contributed by atoms with van der Waals surface area (Å²) in [5.41, 5.74) is 0.436. The predicted molar refractivity (Wildman–Crippen MR) is 106 cm³/mol. The number of amides is 1. The van der Waals surface area contributed by atoms with E-state index in [1.807, 2.05) is 6.92 Å². The van der Waals surface area contributed by atoms with Crippen molar-refractivity contribution in [2.24, 2.45) is 5.92 Å². The number of hydrogen-bond donors (Lipinski definition) is 0. The van der Waals surface area contributed by atoms with Crippen molar-refractivity contribution in [1.29, 1.82) is 0 Å². The molecule has 2 atom stereocenters. The van der Waals surface area contributed by atoms with Crippen LogP contribution in [0.2, 0.25) is 0 Å². The molecule has 0 aliphatic carbocycles. The molecule has 0 saturated carbocycles. The molecule has 0 aromatic heterocycles. The van der Waals surface area contributed by atoms with Gasteiger partial charge in [0.15, 0.2) is 0 Å². The number of thioether (sulfide) groups is 1. The second-order valence-electron chi connectivity index (χ2n) is 6.82. The Kier molecular flexibility index (Phi) is 7.83. The number of nitrogens with zero attached hydrogens (tertiary/aromatic N) is 1. The molecule has 0 spiro atoms. The van der Waals surface area contributed by atoms with Crippen molar-refractivity contribution >= 4 is 23.6 Å². The topological polar surface area (TPSA) is 65.1 Å². The van der Waals surface area contributed by atoms with E-state index in [4.69, 9.17) is 14.2 Å². The van der Waals surface area contributed by atoms with Gasteiger partial charge in [-0.3, -0.25) is 4.79 Å².